The highest BCUT2D eigenvalue weighted by atomic mass is 16.7. The first-order valence-electron chi connectivity index (χ1n) is 4.67. The maximum atomic E-state index is 5.65. The van der Waals surface area contributed by atoms with Crippen molar-refractivity contribution in [1.29, 1.82) is 0 Å². The summed E-state index contributed by atoms with van der Waals surface area (Å²) in [6, 6.07) is 7.44. The molecule has 0 saturated carbocycles. The normalized spacial score (nSPS) is 11.5. The predicted octanol–water partition coefficient (Wildman–Crippen LogP) is 1.10. The van der Waals surface area contributed by atoms with Crippen LogP contribution in [0.25, 0.3) is 0 Å². The van der Waals surface area contributed by atoms with Crippen LogP contribution in [-0.4, -0.2) is 27.9 Å². The van der Waals surface area contributed by atoms with Crippen LogP contribution in [0.4, 0.5) is 0 Å². The van der Waals surface area contributed by atoms with Crippen LogP contribution in [0, 0.1) is 0 Å². The fourth-order valence-electron chi connectivity index (χ4n) is 1.45. The lowest BCUT2D eigenvalue weighted by Crippen LogP contribution is -2.38. The molecule has 4 nitrogen and oxygen atoms in total. The summed E-state index contributed by atoms with van der Waals surface area (Å²) in [6.45, 7) is 0.256. The second-order valence-electron chi connectivity index (χ2n) is 3.09. The maximum absolute atomic E-state index is 5.65. The van der Waals surface area contributed by atoms with E-state index in [1.165, 1.54) is 0 Å². The van der Waals surface area contributed by atoms with Gasteiger partial charge in [0.2, 0.25) is 5.79 Å². The highest BCUT2D eigenvalue weighted by Gasteiger charge is 2.30. The topological polar surface area (TPSA) is 53.7 Å². The third kappa shape index (κ3) is 2.28. The van der Waals surface area contributed by atoms with Crippen LogP contribution < -0.4 is 10.5 Å². The maximum Gasteiger partial charge on any atom is 0.207 e. The lowest BCUT2D eigenvalue weighted by atomic mass is 10.1. The number of ether oxygens (including phenoxy) is 3. The van der Waals surface area contributed by atoms with E-state index >= 15 is 0 Å². The molecule has 0 aliphatic rings. The van der Waals surface area contributed by atoms with Gasteiger partial charge in [0, 0.05) is 19.8 Å². The molecular weight excluding hydrogens is 194 g/mol. The molecule has 0 atom stereocenters. The molecule has 1 aromatic rings. The number of nitrogens with two attached hydrogens (primary N) is 1. The average molecular weight is 211 g/mol. The highest BCUT2D eigenvalue weighted by Crippen LogP contribution is 2.26. The Bertz CT molecular complexity index is 285. The summed E-state index contributed by atoms with van der Waals surface area (Å²) in [5, 5.41) is 0. The first kappa shape index (κ1) is 12.0. The Morgan fingerprint density at radius 1 is 1.07 bits per heavy atom. The van der Waals surface area contributed by atoms with Gasteiger partial charge in [-0.25, -0.2) is 0 Å². The summed E-state index contributed by atoms with van der Waals surface area (Å²) in [7, 11) is 4.76. The van der Waals surface area contributed by atoms with Gasteiger partial charge in [0.15, 0.2) is 0 Å². The van der Waals surface area contributed by atoms with Gasteiger partial charge >= 0.3 is 0 Å². The number of rotatable bonds is 5. The fourth-order valence-corrected chi connectivity index (χ4v) is 1.45. The molecule has 2 N–H and O–H groups in total. The Morgan fingerprint density at radius 3 is 1.93 bits per heavy atom. The SMILES string of the molecule is COc1ccc(C(CN)(OC)OC)cc1. The molecular formula is C11H17NO3. The molecule has 0 heterocycles. The Balaban J connectivity index is 3.01. The minimum absolute atomic E-state index is 0.256. The van der Waals surface area contributed by atoms with Gasteiger partial charge in [-0.15, -0.1) is 0 Å². The van der Waals surface area contributed by atoms with E-state index in [0.717, 1.165) is 11.3 Å². The molecule has 0 spiro atoms. The van der Waals surface area contributed by atoms with Crippen molar-refractivity contribution in [1.82, 2.24) is 0 Å². The fraction of sp³-hybridized carbons (Fsp3) is 0.455. The summed E-state index contributed by atoms with van der Waals surface area (Å²) in [4.78, 5) is 0. The van der Waals surface area contributed by atoms with Gasteiger partial charge in [0.05, 0.1) is 13.7 Å². The van der Waals surface area contributed by atoms with E-state index in [0.29, 0.717) is 0 Å². The zero-order valence-electron chi connectivity index (χ0n) is 9.32. The summed E-state index contributed by atoms with van der Waals surface area (Å²) in [6.07, 6.45) is 0. The van der Waals surface area contributed by atoms with Gasteiger partial charge < -0.3 is 19.9 Å². The molecule has 0 aromatic heterocycles. The molecule has 4 heteroatoms. The van der Waals surface area contributed by atoms with Crippen molar-refractivity contribution in [3.05, 3.63) is 29.8 Å². The van der Waals surface area contributed by atoms with E-state index in [4.69, 9.17) is 19.9 Å². The molecule has 0 fully saturated rings. The monoisotopic (exact) mass is 211 g/mol. The third-order valence-electron chi connectivity index (χ3n) is 2.46. The molecule has 1 aromatic carbocycles. The molecule has 0 aliphatic carbocycles. The quantitative estimate of drug-likeness (QED) is 0.741. The van der Waals surface area contributed by atoms with Crippen molar-refractivity contribution in [3.8, 4) is 5.75 Å². The minimum Gasteiger partial charge on any atom is -0.497 e. The lowest BCUT2D eigenvalue weighted by Gasteiger charge is -2.29. The van der Waals surface area contributed by atoms with Gasteiger partial charge in [-0.2, -0.15) is 0 Å². The number of hydrogen-bond acceptors (Lipinski definition) is 4. The first-order chi connectivity index (χ1) is 7.22. The van der Waals surface area contributed by atoms with Gasteiger partial charge in [-0.1, -0.05) is 0 Å². The second-order valence-corrected chi connectivity index (χ2v) is 3.09. The van der Waals surface area contributed by atoms with E-state index in [1.807, 2.05) is 24.3 Å². The van der Waals surface area contributed by atoms with Crippen LogP contribution in [0.2, 0.25) is 0 Å². The standard InChI is InChI=1S/C11H17NO3/c1-13-10-6-4-9(5-7-10)11(8-12,14-2)15-3/h4-7H,8,12H2,1-3H3. The van der Waals surface area contributed by atoms with Crippen LogP contribution in [0.3, 0.4) is 0 Å². The van der Waals surface area contributed by atoms with Crippen molar-refractivity contribution in [2.75, 3.05) is 27.9 Å². The largest absolute Gasteiger partial charge is 0.497 e. The van der Waals surface area contributed by atoms with E-state index in [1.54, 1.807) is 21.3 Å². The molecule has 0 amide bonds. The van der Waals surface area contributed by atoms with Gasteiger partial charge in [0.25, 0.3) is 0 Å². The lowest BCUT2D eigenvalue weighted by molar-refractivity contribution is -0.207. The molecule has 84 valence electrons. The van der Waals surface area contributed by atoms with Gasteiger partial charge in [0.1, 0.15) is 5.75 Å². The van der Waals surface area contributed by atoms with Crippen LogP contribution in [0.15, 0.2) is 24.3 Å². The smallest absolute Gasteiger partial charge is 0.207 e. The van der Waals surface area contributed by atoms with E-state index in [-0.39, 0.29) is 6.54 Å². The molecule has 0 bridgehead atoms. The van der Waals surface area contributed by atoms with Gasteiger partial charge in [-0.05, 0) is 24.3 Å². The summed E-state index contributed by atoms with van der Waals surface area (Å²) in [5.41, 5.74) is 6.52. The Morgan fingerprint density at radius 2 is 1.60 bits per heavy atom. The summed E-state index contributed by atoms with van der Waals surface area (Å²) >= 11 is 0. The molecule has 0 saturated heterocycles. The summed E-state index contributed by atoms with van der Waals surface area (Å²) < 4.78 is 15.7. The third-order valence-corrected chi connectivity index (χ3v) is 2.46. The molecule has 1 rings (SSSR count). The van der Waals surface area contributed by atoms with Crippen molar-refractivity contribution in [2.24, 2.45) is 5.73 Å². The van der Waals surface area contributed by atoms with Crippen molar-refractivity contribution in [3.63, 3.8) is 0 Å². The van der Waals surface area contributed by atoms with Crippen LogP contribution in [0.1, 0.15) is 5.56 Å². The Kier molecular flexibility index (Phi) is 4.08. The summed E-state index contributed by atoms with van der Waals surface area (Å²) in [5.74, 6) is -0.0800. The van der Waals surface area contributed by atoms with E-state index in [2.05, 4.69) is 0 Å². The molecule has 0 radical (unpaired) electrons. The highest BCUT2D eigenvalue weighted by molar-refractivity contribution is 5.30. The molecule has 15 heavy (non-hydrogen) atoms. The first-order valence-corrected chi connectivity index (χ1v) is 4.67. The molecule has 0 unspecified atom stereocenters. The van der Waals surface area contributed by atoms with E-state index < -0.39 is 5.79 Å². The minimum atomic E-state index is -0.869. The second kappa shape index (κ2) is 5.11. The van der Waals surface area contributed by atoms with Crippen LogP contribution in [-0.2, 0) is 15.3 Å². The van der Waals surface area contributed by atoms with Crippen LogP contribution in [0.5, 0.6) is 5.75 Å². The average Bonchev–Trinajstić information content (AvgIpc) is 2.33. The van der Waals surface area contributed by atoms with E-state index in [9.17, 15) is 0 Å². The van der Waals surface area contributed by atoms with Crippen molar-refractivity contribution < 1.29 is 14.2 Å². The number of methoxy groups -OCH3 is 3. The Hall–Kier alpha value is -1.10. The number of hydrogen-bond donors (Lipinski definition) is 1. The zero-order valence-corrected chi connectivity index (χ0v) is 9.32. The zero-order chi connectivity index (χ0) is 11.3. The molecule has 0 aliphatic heterocycles. The van der Waals surface area contributed by atoms with Crippen molar-refractivity contribution in [2.45, 2.75) is 5.79 Å². The Labute approximate surface area is 89.9 Å². The van der Waals surface area contributed by atoms with Crippen LogP contribution >= 0.6 is 0 Å². The predicted molar refractivity (Wildman–Crippen MR) is 57.7 cm³/mol. The number of benzene rings is 1. The van der Waals surface area contributed by atoms with Crippen molar-refractivity contribution >= 4 is 0 Å². The van der Waals surface area contributed by atoms with Gasteiger partial charge in [-0.3, -0.25) is 0 Å².